The molecule has 32 heavy (non-hydrogen) atoms. The molecule has 3 aromatic rings. The van der Waals surface area contributed by atoms with Crippen LogP contribution >= 0.6 is 22.9 Å². The van der Waals surface area contributed by atoms with Gasteiger partial charge >= 0.3 is 0 Å². The summed E-state index contributed by atoms with van der Waals surface area (Å²) >= 11 is 7.28. The fraction of sp³-hybridized carbons (Fsp3) is 0.174. The van der Waals surface area contributed by atoms with Crippen LogP contribution in [0.3, 0.4) is 0 Å². The van der Waals surface area contributed by atoms with Gasteiger partial charge in [-0.2, -0.15) is 0 Å². The molecule has 2 aromatic carbocycles. The average molecular weight is 466 g/mol. The van der Waals surface area contributed by atoms with Gasteiger partial charge in [-0.25, -0.2) is 4.99 Å². The van der Waals surface area contributed by atoms with E-state index in [1.165, 1.54) is 23.5 Å². The summed E-state index contributed by atoms with van der Waals surface area (Å²) in [6, 6.07) is 12.7. The number of nitro groups is 1. The van der Waals surface area contributed by atoms with E-state index in [0.29, 0.717) is 38.3 Å². The SMILES string of the molecule is O=C1CCCC2=C1C(c1ccc(Cl)cc1)n1c(sc(=Cc3cccc([N+](=O)[O-])c3)c1=O)=N2. The lowest BCUT2D eigenvalue weighted by atomic mass is 9.86. The van der Waals surface area contributed by atoms with Crippen molar-refractivity contribution in [3.8, 4) is 0 Å². The Morgan fingerprint density at radius 3 is 2.69 bits per heavy atom. The van der Waals surface area contributed by atoms with Crippen molar-refractivity contribution >= 4 is 40.5 Å². The summed E-state index contributed by atoms with van der Waals surface area (Å²) in [5, 5.41) is 11.7. The number of allylic oxidation sites excluding steroid dienone is 2. The third-order valence-electron chi connectivity index (χ3n) is 5.59. The molecule has 1 aliphatic heterocycles. The number of thiazole rings is 1. The highest BCUT2D eigenvalue weighted by Gasteiger charge is 2.34. The lowest BCUT2D eigenvalue weighted by Gasteiger charge is -2.28. The van der Waals surface area contributed by atoms with Crippen LogP contribution in [0.5, 0.6) is 0 Å². The maximum atomic E-state index is 13.5. The maximum Gasteiger partial charge on any atom is 0.271 e. The van der Waals surface area contributed by atoms with E-state index in [0.717, 1.165) is 17.7 Å². The Bertz CT molecular complexity index is 1480. The van der Waals surface area contributed by atoms with Gasteiger partial charge in [-0.1, -0.05) is 47.2 Å². The van der Waals surface area contributed by atoms with E-state index in [-0.39, 0.29) is 17.0 Å². The normalized spacial score (nSPS) is 18.2. The molecule has 0 bridgehead atoms. The number of Topliss-reactive ketones (excluding diaryl/α,β-unsaturated/α-hetero) is 1. The maximum absolute atomic E-state index is 13.5. The van der Waals surface area contributed by atoms with Crippen LogP contribution in [0.15, 0.2) is 69.6 Å². The lowest BCUT2D eigenvalue weighted by Crippen LogP contribution is -2.40. The van der Waals surface area contributed by atoms with E-state index in [1.54, 1.807) is 34.9 Å². The van der Waals surface area contributed by atoms with Gasteiger partial charge in [-0.15, -0.1) is 0 Å². The first-order chi connectivity index (χ1) is 15.4. The first-order valence-electron chi connectivity index (χ1n) is 10.0. The van der Waals surface area contributed by atoms with Crippen LogP contribution in [0.4, 0.5) is 5.69 Å². The molecule has 1 aliphatic carbocycles. The molecule has 5 rings (SSSR count). The topological polar surface area (TPSA) is 94.6 Å². The first-order valence-corrected chi connectivity index (χ1v) is 11.2. The fourth-order valence-corrected chi connectivity index (χ4v) is 5.30. The highest BCUT2D eigenvalue weighted by Crippen LogP contribution is 2.36. The Kier molecular flexibility index (Phi) is 5.11. The first kappa shape index (κ1) is 20.5. The summed E-state index contributed by atoms with van der Waals surface area (Å²) in [5.74, 6) is 0.00270. The summed E-state index contributed by atoms with van der Waals surface area (Å²) < 4.78 is 1.95. The summed E-state index contributed by atoms with van der Waals surface area (Å²) in [6.07, 6.45) is 3.47. The summed E-state index contributed by atoms with van der Waals surface area (Å²) in [5.41, 5.74) is 2.29. The molecule has 9 heteroatoms. The smallest absolute Gasteiger partial charge is 0.271 e. The van der Waals surface area contributed by atoms with Crippen molar-refractivity contribution < 1.29 is 9.72 Å². The second-order valence-corrected chi connectivity index (χ2v) is 9.07. The molecule has 2 aliphatic rings. The molecule has 2 heterocycles. The predicted octanol–water partition coefficient (Wildman–Crippen LogP) is 3.53. The Balaban J connectivity index is 1.73. The minimum Gasteiger partial charge on any atom is -0.294 e. The Hall–Kier alpha value is -3.36. The number of carbonyl (C=O) groups excluding carboxylic acids is 1. The molecular formula is C23H16ClN3O4S. The van der Waals surface area contributed by atoms with Crippen LogP contribution in [0, 0.1) is 10.1 Å². The number of hydrogen-bond acceptors (Lipinski definition) is 6. The summed E-state index contributed by atoms with van der Waals surface area (Å²) in [6.45, 7) is 0. The molecular weight excluding hydrogens is 450 g/mol. The van der Waals surface area contributed by atoms with Gasteiger partial charge < -0.3 is 0 Å². The number of nitrogens with zero attached hydrogens (tertiary/aromatic N) is 3. The molecule has 7 nitrogen and oxygen atoms in total. The zero-order valence-corrected chi connectivity index (χ0v) is 18.2. The van der Waals surface area contributed by atoms with Crippen LogP contribution in [0.25, 0.3) is 6.08 Å². The van der Waals surface area contributed by atoms with Crippen molar-refractivity contribution in [2.75, 3.05) is 0 Å². The molecule has 0 amide bonds. The molecule has 0 radical (unpaired) electrons. The lowest BCUT2D eigenvalue weighted by molar-refractivity contribution is -0.384. The molecule has 0 N–H and O–H groups in total. The van der Waals surface area contributed by atoms with Crippen LogP contribution in [-0.4, -0.2) is 15.3 Å². The highest BCUT2D eigenvalue weighted by molar-refractivity contribution is 7.07. The van der Waals surface area contributed by atoms with Crippen molar-refractivity contribution in [3.05, 3.63) is 106 Å². The standard InChI is InChI=1S/C23H16ClN3O4S/c24-15-9-7-14(8-10-15)21-20-17(5-2-6-18(20)28)25-23-26(21)22(29)19(32-23)12-13-3-1-4-16(11-13)27(30)31/h1,3-4,7-12,21H,2,5-6H2. The average Bonchev–Trinajstić information content (AvgIpc) is 3.08. The molecule has 160 valence electrons. The van der Waals surface area contributed by atoms with E-state index in [4.69, 9.17) is 11.6 Å². The Morgan fingerprint density at radius 2 is 1.94 bits per heavy atom. The minimum absolute atomic E-state index is 0.00270. The van der Waals surface area contributed by atoms with Crippen molar-refractivity contribution in [2.24, 2.45) is 4.99 Å². The number of benzene rings is 2. The van der Waals surface area contributed by atoms with Gasteiger partial charge in [0, 0.05) is 29.1 Å². The van der Waals surface area contributed by atoms with Crippen molar-refractivity contribution in [3.63, 3.8) is 0 Å². The second-order valence-electron chi connectivity index (χ2n) is 7.62. The number of fused-ring (bicyclic) bond motifs is 1. The number of halogens is 1. The van der Waals surface area contributed by atoms with Crippen LogP contribution in [-0.2, 0) is 4.79 Å². The molecule has 0 fully saturated rings. The molecule has 1 aromatic heterocycles. The number of hydrogen-bond donors (Lipinski definition) is 0. The third-order valence-corrected chi connectivity index (χ3v) is 6.83. The van der Waals surface area contributed by atoms with Crippen LogP contribution in [0.1, 0.15) is 36.4 Å². The summed E-state index contributed by atoms with van der Waals surface area (Å²) in [4.78, 5) is 42.1. The van der Waals surface area contributed by atoms with E-state index < -0.39 is 11.0 Å². The second kappa shape index (κ2) is 7.96. The van der Waals surface area contributed by atoms with Gasteiger partial charge in [0.2, 0.25) is 0 Å². The molecule has 0 saturated carbocycles. The molecule has 1 unspecified atom stereocenters. The van der Waals surface area contributed by atoms with E-state index in [2.05, 4.69) is 4.99 Å². The molecule has 1 atom stereocenters. The van der Waals surface area contributed by atoms with Gasteiger partial charge in [0.05, 0.1) is 21.2 Å². The number of non-ortho nitro benzene ring substituents is 1. The van der Waals surface area contributed by atoms with Gasteiger partial charge in [0.25, 0.3) is 11.2 Å². The largest absolute Gasteiger partial charge is 0.294 e. The van der Waals surface area contributed by atoms with E-state index in [1.807, 2.05) is 12.1 Å². The molecule has 0 saturated heterocycles. The number of aromatic nitrogens is 1. The number of rotatable bonds is 3. The minimum atomic E-state index is -0.571. The van der Waals surface area contributed by atoms with Gasteiger partial charge in [0.1, 0.15) is 0 Å². The third kappa shape index (κ3) is 3.51. The Morgan fingerprint density at radius 1 is 1.16 bits per heavy atom. The zero-order chi connectivity index (χ0) is 22.4. The number of nitro benzene ring substituents is 1. The monoisotopic (exact) mass is 465 g/mol. The Labute approximate surface area is 190 Å². The van der Waals surface area contributed by atoms with Crippen molar-refractivity contribution in [2.45, 2.75) is 25.3 Å². The van der Waals surface area contributed by atoms with Crippen molar-refractivity contribution in [1.82, 2.24) is 4.57 Å². The van der Waals surface area contributed by atoms with Crippen molar-refractivity contribution in [1.29, 1.82) is 0 Å². The number of carbonyl (C=O) groups is 1. The summed E-state index contributed by atoms with van der Waals surface area (Å²) in [7, 11) is 0. The van der Waals surface area contributed by atoms with Gasteiger partial charge in [-0.05, 0) is 42.2 Å². The van der Waals surface area contributed by atoms with Crippen LogP contribution in [0.2, 0.25) is 5.02 Å². The van der Waals surface area contributed by atoms with Crippen LogP contribution < -0.4 is 14.9 Å². The van der Waals surface area contributed by atoms with E-state index >= 15 is 0 Å². The van der Waals surface area contributed by atoms with E-state index in [9.17, 15) is 19.7 Å². The molecule has 0 spiro atoms. The quantitative estimate of drug-likeness (QED) is 0.436. The van der Waals surface area contributed by atoms with Gasteiger partial charge in [-0.3, -0.25) is 24.3 Å². The number of ketones is 1. The highest BCUT2D eigenvalue weighted by atomic mass is 35.5. The van der Waals surface area contributed by atoms with Gasteiger partial charge in [0.15, 0.2) is 10.6 Å². The fourth-order valence-electron chi connectivity index (χ4n) is 4.15. The predicted molar refractivity (Wildman–Crippen MR) is 121 cm³/mol. The zero-order valence-electron chi connectivity index (χ0n) is 16.7.